The van der Waals surface area contributed by atoms with Crippen LogP contribution in [0.5, 0.6) is 5.75 Å². The zero-order valence-electron chi connectivity index (χ0n) is 15.6. The average Bonchev–Trinajstić information content (AvgIpc) is 2.83. The molecule has 0 saturated heterocycles. The van der Waals surface area contributed by atoms with E-state index < -0.39 is 0 Å². The van der Waals surface area contributed by atoms with E-state index in [2.05, 4.69) is 54.7 Å². The van der Waals surface area contributed by atoms with Crippen LogP contribution < -0.4 is 4.74 Å². The molecule has 134 valence electrons. The van der Waals surface area contributed by atoms with Crippen LogP contribution in [0.25, 0.3) is 0 Å². The Balaban J connectivity index is 2.04. The third-order valence-electron chi connectivity index (χ3n) is 6.52. The number of carbonyl (C=O) groups excluding carboxylic acids is 1. The number of ether oxygens (including phenoxy) is 1. The first-order chi connectivity index (χ1) is 11.7. The van der Waals surface area contributed by atoms with E-state index >= 15 is 0 Å². The molecule has 0 aromatic heterocycles. The van der Waals surface area contributed by atoms with Crippen LogP contribution in [-0.2, 0) is 4.79 Å². The summed E-state index contributed by atoms with van der Waals surface area (Å²) in [4.78, 5) is 17.8. The van der Waals surface area contributed by atoms with Crippen molar-refractivity contribution >= 4 is 27.4 Å². The summed E-state index contributed by atoms with van der Waals surface area (Å²) >= 11 is 3.69. The monoisotopic (exact) mass is 403 g/mol. The van der Waals surface area contributed by atoms with Crippen LogP contribution in [0, 0.1) is 24.2 Å². The van der Waals surface area contributed by atoms with Crippen molar-refractivity contribution in [1.82, 2.24) is 0 Å². The van der Waals surface area contributed by atoms with Crippen LogP contribution in [0.3, 0.4) is 0 Å². The molecule has 1 aromatic carbocycles. The van der Waals surface area contributed by atoms with Gasteiger partial charge in [0.2, 0.25) is 0 Å². The number of fused-ring (bicyclic) bond motifs is 2. The molecule has 1 aromatic rings. The number of Topliss-reactive ketones (excluding diaryl/α,β-unsaturated/α-hetero) is 1. The van der Waals surface area contributed by atoms with E-state index in [1.54, 1.807) is 0 Å². The molecule has 1 fully saturated rings. The fraction of sp³-hybridized carbons (Fsp3) is 0.619. The molecule has 2 aliphatic carbocycles. The largest absolute Gasteiger partial charge is 0.467 e. The summed E-state index contributed by atoms with van der Waals surface area (Å²) < 4.78 is 7.04. The molecule has 0 amide bonds. The summed E-state index contributed by atoms with van der Waals surface area (Å²) in [5.41, 5.74) is 4.08. The molecule has 1 unspecified atom stereocenters. The van der Waals surface area contributed by atoms with Gasteiger partial charge in [-0.25, -0.2) is 4.99 Å². The first kappa shape index (κ1) is 17.3. The zero-order valence-corrected chi connectivity index (χ0v) is 17.2. The van der Waals surface area contributed by atoms with E-state index in [4.69, 9.17) is 4.74 Å². The second kappa shape index (κ2) is 5.67. The highest BCUT2D eigenvalue weighted by Crippen LogP contribution is 2.60. The van der Waals surface area contributed by atoms with Crippen LogP contribution in [0.2, 0.25) is 0 Å². The summed E-state index contributed by atoms with van der Waals surface area (Å²) in [5, 5.41) is 0. The molecule has 3 nitrogen and oxygen atoms in total. The third-order valence-corrected chi connectivity index (χ3v) is 7.50. The Morgan fingerprint density at radius 1 is 1.40 bits per heavy atom. The maximum Gasteiger partial charge on any atom is 0.187 e. The van der Waals surface area contributed by atoms with Crippen LogP contribution in [0.1, 0.15) is 69.6 Å². The molecule has 0 bridgehead atoms. The summed E-state index contributed by atoms with van der Waals surface area (Å²) in [5.74, 6) is 2.59. The van der Waals surface area contributed by atoms with Crippen molar-refractivity contribution in [1.29, 1.82) is 0 Å². The Bertz CT molecular complexity index is 798. The summed E-state index contributed by atoms with van der Waals surface area (Å²) in [6, 6.07) is 2.28. The molecular weight excluding hydrogens is 378 g/mol. The summed E-state index contributed by atoms with van der Waals surface area (Å²) in [7, 11) is 0. The number of hydrogen-bond donors (Lipinski definition) is 0. The van der Waals surface area contributed by atoms with Gasteiger partial charge in [-0.3, -0.25) is 4.79 Å². The topological polar surface area (TPSA) is 38.7 Å². The van der Waals surface area contributed by atoms with Gasteiger partial charge in [-0.1, -0.05) is 26.8 Å². The van der Waals surface area contributed by atoms with Crippen molar-refractivity contribution in [3.05, 3.63) is 27.2 Å². The van der Waals surface area contributed by atoms with Gasteiger partial charge < -0.3 is 4.74 Å². The Kier molecular flexibility index (Phi) is 3.91. The highest BCUT2D eigenvalue weighted by Gasteiger charge is 2.52. The number of ketones is 1. The maximum atomic E-state index is 13.2. The van der Waals surface area contributed by atoms with E-state index in [0.717, 1.165) is 22.2 Å². The number of aryl methyl sites for hydroxylation is 1. The van der Waals surface area contributed by atoms with Crippen LogP contribution in [0.4, 0.5) is 0 Å². The number of aliphatic imine (C=N–C) groups is 1. The predicted molar refractivity (Wildman–Crippen MR) is 104 cm³/mol. The second-order valence-electron chi connectivity index (χ2n) is 8.67. The van der Waals surface area contributed by atoms with Crippen molar-refractivity contribution in [2.75, 3.05) is 0 Å². The molecule has 4 heteroatoms. The molecule has 0 spiro atoms. The fourth-order valence-corrected chi connectivity index (χ4v) is 5.76. The van der Waals surface area contributed by atoms with Gasteiger partial charge in [0.15, 0.2) is 12.0 Å². The molecule has 3 aliphatic rings. The van der Waals surface area contributed by atoms with Gasteiger partial charge in [-0.15, -0.1) is 0 Å². The number of rotatable bonds is 1. The van der Waals surface area contributed by atoms with Crippen LogP contribution in [0.15, 0.2) is 15.5 Å². The standard InChI is InChI=1S/C21H26BrNO2/c1-10(2)13-6-7-21(5)9-15(24)19-16-14(17(13)21)8-11(3)18(22)20(16)25-12(4)23-19/h8,10,12-13,17H,6-7,9H2,1-5H3/t12-,13?,17+,21-/m0/s1. The number of hydrogen-bond acceptors (Lipinski definition) is 3. The summed E-state index contributed by atoms with van der Waals surface area (Å²) in [6.07, 6.45) is 2.58. The lowest BCUT2D eigenvalue weighted by molar-refractivity contribution is -0.115. The number of nitrogens with zero attached hydrogens (tertiary/aromatic N) is 1. The Hall–Kier alpha value is -1.16. The molecule has 0 radical (unpaired) electrons. The first-order valence-corrected chi connectivity index (χ1v) is 10.1. The quantitative estimate of drug-likeness (QED) is 0.628. The van der Waals surface area contributed by atoms with Gasteiger partial charge in [0.05, 0.1) is 10.0 Å². The van der Waals surface area contributed by atoms with Crippen molar-refractivity contribution in [3.63, 3.8) is 0 Å². The Morgan fingerprint density at radius 3 is 2.80 bits per heavy atom. The van der Waals surface area contributed by atoms with Crippen molar-refractivity contribution in [3.8, 4) is 5.75 Å². The smallest absolute Gasteiger partial charge is 0.187 e. The number of benzene rings is 1. The van der Waals surface area contributed by atoms with E-state index in [-0.39, 0.29) is 17.4 Å². The molecule has 4 rings (SSSR count). The molecular formula is C21H26BrNO2. The highest BCUT2D eigenvalue weighted by atomic mass is 79.9. The van der Waals surface area contributed by atoms with Crippen molar-refractivity contribution in [2.45, 2.75) is 66.0 Å². The Morgan fingerprint density at radius 2 is 2.12 bits per heavy atom. The minimum Gasteiger partial charge on any atom is -0.467 e. The van der Waals surface area contributed by atoms with Gasteiger partial charge in [0, 0.05) is 6.42 Å². The minimum absolute atomic E-state index is 0.0170. The molecule has 1 heterocycles. The number of carbonyl (C=O) groups is 1. The average molecular weight is 404 g/mol. The van der Waals surface area contributed by atoms with Gasteiger partial charge in [0.1, 0.15) is 11.5 Å². The lowest BCUT2D eigenvalue weighted by atomic mass is 9.69. The maximum absolute atomic E-state index is 13.2. The van der Waals surface area contributed by atoms with E-state index in [9.17, 15) is 4.79 Å². The predicted octanol–water partition coefficient (Wildman–Crippen LogP) is 5.41. The molecule has 1 saturated carbocycles. The van der Waals surface area contributed by atoms with E-state index in [1.807, 2.05) is 6.92 Å². The molecule has 4 atom stereocenters. The third kappa shape index (κ3) is 2.43. The highest BCUT2D eigenvalue weighted by molar-refractivity contribution is 9.10. The minimum atomic E-state index is -0.316. The molecule has 25 heavy (non-hydrogen) atoms. The fourth-order valence-electron chi connectivity index (χ4n) is 5.35. The van der Waals surface area contributed by atoms with Gasteiger partial charge in [-0.2, -0.15) is 0 Å². The Labute approximate surface area is 158 Å². The number of halogens is 1. The second-order valence-corrected chi connectivity index (χ2v) is 9.47. The lowest BCUT2D eigenvalue weighted by Gasteiger charge is -2.35. The van der Waals surface area contributed by atoms with E-state index in [1.165, 1.54) is 17.5 Å². The van der Waals surface area contributed by atoms with E-state index in [0.29, 0.717) is 29.9 Å². The summed E-state index contributed by atoms with van der Waals surface area (Å²) in [6.45, 7) is 11.0. The van der Waals surface area contributed by atoms with Gasteiger partial charge in [-0.05, 0) is 76.9 Å². The normalized spacial score (nSPS) is 33.5. The first-order valence-electron chi connectivity index (χ1n) is 9.34. The van der Waals surface area contributed by atoms with Crippen LogP contribution in [-0.4, -0.2) is 17.7 Å². The zero-order chi connectivity index (χ0) is 18.1. The SMILES string of the molecule is Cc1cc2c3c(c1Br)O[C@@H](C)N=C3C(=O)C[C@]1(C)CCC(C(C)C)[C@H]21. The molecule has 0 N–H and O–H groups in total. The van der Waals surface area contributed by atoms with Gasteiger partial charge >= 0.3 is 0 Å². The van der Waals surface area contributed by atoms with Crippen molar-refractivity contribution in [2.24, 2.45) is 22.2 Å². The lowest BCUT2D eigenvalue weighted by Crippen LogP contribution is -2.28. The van der Waals surface area contributed by atoms with Crippen LogP contribution >= 0.6 is 15.9 Å². The van der Waals surface area contributed by atoms with Gasteiger partial charge in [0.25, 0.3) is 0 Å². The molecule has 1 aliphatic heterocycles. The van der Waals surface area contributed by atoms with Crippen molar-refractivity contribution < 1.29 is 9.53 Å².